The smallest absolute Gasteiger partial charge is 0.125 e. The number of hydrogen-bond donors (Lipinski definition) is 0. The summed E-state index contributed by atoms with van der Waals surface area (Å²) in [6.07, 6.45) is 3.99. The van der Waals surface area contributed by atoms with Gasteiger partial charge in [-0.2, -0.15) is 0 Å². The van der Waals surface area contributed by atoms with Gasteiger partial charge in [0.25, 0.3) is 0 Å². The lowest BCUT2D eigenvalue weighted by Crippen LogP contribution is -2.06. The third-order valence-corrected chi connectivity index (χ3v) is 3.95. The van der Waals surface area contributed by atoms with Crippen LogP contribution in [-0.4, -0.2) is 22.1 Å². The molecule has 0 radical (unpaired) electrons. The topological polar surface area (TPSA) is 39.9 Å². The Bertz CT molecular complexity index is 604. The third-order valence-electron chi connectivity index (χ3n) is 3.95. The molecular formula is C17H25N3O. The van der Waals surface area contributed by atoms with Crippen LogP contribution in [0.2, 0.25) is 0 Å². The maximum absolute atomic E-state index is 5.64. The van der Waals surface area contributed by atoms with E-state index in [1.807, 2.05) is 10.9 Å². The summed E-state index contributed by atoms with van der Waals surface area (Å²) in [5, 5.41) is 8.40. The average molecular weight is 287 g/mol. The van der Waals surface area contributed by atoms with Gasteiger partial charge in [-0.15, -0.1) is 5.10 Å². The standard InChI is InChI=1S/C17H25N3O/c1-6-14(10-15-11-20(7-2)19-18-15)16-9-12(3)8-13(4)17(16)21-5/h8-9,11,14H,6-7,10H2,1-5H3. The minimum Gasteiger partial charge on any atom is -0.496 e. The Labute approximate surface area is 127 Å². The average Bonchev–Trinajstić information content (AvgIpc) is 2.91. The molecule has 0 bridgehead atoms. The van der Waals surface area contributed by atoms with E-state index in [9.17, 15) is 0 Å². The van der Waals surface area contributed by atoms with Crippen molar-refractivity contribution in [3.63, 3.8) is 0 Å². The number of ether oxygens (including phenoxy) is 1. The van der Waals surface area contributed by atoms with E-state index in [-0.39, 0.29) is 0 Å². The summed E-state index contributed by atoms with van der Waals surface area (Å²) in [4.78, 5) is 0. The van der Waals surface area contributed by atoms with Crippen molar-refractivity contribution in [2.24, 2.45) is 0 Å². The van der Waals surface area contributed by atoms with Crippen LogP contribution in [0.5, 0.6) is 5.75 Å². The van der Waals surface area contributed by atoms with Crippen LogP contribution in [0, 0.1) is 13.8 Å². The largest absolute Gasteiger partial charge is 0.496 e. The normalized spacial score (nSPS) is 12.4. The molecule has 2 rings (SSSR count). The highest BCUT2D eigenvalue weighted by atomic mass is 16.5. The van der Waals surface area contributed by atoms with Crippen LogP contribution in [0.3, 0.4) is 0 Å². The summed E-state index contributed by atoms with van der Waals surface area (Å²) in [5.41, 5.74) is 4.80. The second-order valence-corrected chi connectivity index (χ2v) is 5.58. The van der Waals surface area contributed by atoms with Crippen molar-refractivity contribution < 1.29 is 4.74 Å². The van der Waals surface area contributed by atoms with Gasteiger partial charge < -0.3 is 4.74 Å². The van der Waals surface area contributed by atoms with E-state index in [4.69, 9.17) is 4.74 Å². The van der Waals surface area contributed by atoms with Gasteiger partial charge in [0.05, 0.1) is 12.8 Å². The van der Waals surface area contributed by atoms with Crippen molar-refractivity contribution in [1.29, 1.82) is 0 Å². The summed E-state index contributed by atoms with van der Waals surface area (Å²) in [6.45, 7) is 9.39. The zero-order valence-electron chi connectivity index (χ0n) is 13.7. The van der Waals surface area contributed by atoms with E-state index in [0.717, 1.165) is 30.8 Å². The summed E-state index contributed by atoms with van der Waals surface area (Å²) < 4.78 is 7.51. The van der Waals surface area contributed by atoms with Crippen molar-refractivity contribution in [3.05, 3.63) is 40.7 Å². The highest BCUT2D eigenvalue weighted by Gasteiger charge is 2.18. The molecule has 0 aliphatic carbocycles. The zero-order valence-corrected chi connectivity index (χ0v) is 13.7. The molecule has 4 heteroatoms. The van der Waals surface area contributed by atoms with Gasteiger partial charge in [0.1, 0.15) is 5.75 Å². The molecule has 0 aliphatic rings. The van der Waals surface area contributed by atoms with Crippen LogP contribution in [-0.2, 0) is 13.0 Å². The maximum atomic E-state index is 5.64. The van der Waals surface area contributed by atoms with Gasteiger partial charge in [0.2, 0.25) is 0 Å². The summed E-state index contributed by atoms with van der Waals surface area (Å²) >= 11 is 0. The van der Waals surface area contributed by atoms with E-state index in [0.29, 0.717) is 5.92 Å². The highest BCUT2D eigenvalue weighted by molar-refractivity contribution is 5.46. The molecule has 1 heterocycles. The number of hydrogen-bond acceptors (Lipinski definition) is 3. The molecule has 1 aromatic heterocycles. The quantitative estimate of drug-likeness (QED) is 0.814. The predicted octanol–water partition coefficient (Wildman–Crippen LogP) is 3.66. The molecular weight excluding hydrogens is 262 g/mol. The fourth-order valence-corrected chi connectivity index (χ4v) is 2.88. The van der Waals surface area contributed by atoms with Crippen molar-refractivity contribution in [3.8, 4) is 5.75 Å². The van der Waals surface area contributed by atoms with Crippen molar-refractivity contribution in [1.82, 2.24) is 15.0 Å². The Hall–Kier alpha value is -1.84. The second kappa shape index (κ2) is 6.74. The van der Waals surface area contributed by atoms with Gasteiger partial charge in [-0.1, -0.05) is 29.8 Å². The summed E-state index contributed by atoms with van der Waals surface area (Å²) in [7, 11) is 1.75. The molecule has 1 aromatic carbocycles. The van der Waals surface area contributed by atoms with Crippen molar-refractivity contribution in [2.75, 3.05) is 7.11 Å². The van der Waals surface area contributed by atoms with Crippen molar-refractivity contribution in [2.45, 2.75) is 53.0 Å². The van der Waals surface area contributed by atoms with Crippen molar-refractivity contribution >= 4 is 0 Å². The van der Waals surface area contributed by atoms with E-state index in [1.165, 1.54) is 16.7 Å². The Morgan fingerprint density at radius 2 is 2.00 bits per heavy atom. The number of benzene rings is 1. The van der Waals surface area contributed by atoms with E-state index in [1.54, 1.807) is 7.11 Å². The number of nitrogens with zero attached hydrogens (tertiary/aromatic N) is 3. The van der Waals surface area contributed by atoms with Crippen LogP contribution < -0.4 is 4.74 Å². The molecule has 1 unspecified atom stereocenters. The minimum atomic E-state index is 0.403. The molecule has 0 saturated carbocycles. The molecule has 0 aliphatic heterocycles. The zero-order chi connectivity index (χ0) is 15.4. The van der Waals surface area contributed by atoms with Gasteiger partial charge >= 0.3 is 0 Å². The third kappa shape index (κ3) is 3.43. The first-order valence-electron chi connectivity index (χ1n) is 7.63. The first-order chi connectivity index (χ1) is 10.1. The first-order valence-corrected chi connectivity index (χ1v) is 7.63. The van der Waals surface area contributed by atoms with E-state index < -0.39 is 0 Å². The van der Waals surface area contributed by atoms with Crippen LogP contribution in [0.1, 0.15) is 48.6 Å². The van der Waals surface area contributed by atoms with Crippen LogP contribution in [0.15, 0.2) is 18.3 Å². The van der Waals surface area contributed by atoms with Gasteiger partial charge in [0, 0.05) is 19.2 Å². The second-order valence-electron chi connectivity index (χ2n) is 5.58. The number of aromatic nitrogens is 3. The van der Waals surface area contributed by atoms with E-state index >= 15 is 0 Å². The monoisotopic (exact) mass is 287 g/mol. The fourth-order valence-electron chi connectivity index (χ4n) is 2.88. The predicted molar refractivity (Wildman–Crippen MR) is 84.9 cm³/mol. The lowest BCUT2D eigenvalue weighted by molar-refractivity contribution is 0.400. The highest BCUT2D eigenvalue weighted by Crippen LogP contribution is 2.34. The molecule has 1 atom stereocenters. The Balaban J connectivity index is 2.32. The van der Waals surface area contributed by atoms with Gasteiger partial charge in [-0.25, -0.2) is 0 Å². The van der Waals surface area contributed by atoms with Gasteiger partial charge in [-0.05, 0) is 44.2 Å². The number of methoxy groups -OCH3 is 1. The molecule has 0 N–H and O–H groups in total. The molecule has 0 amide bonds. The molecule has 4 nitrogen and oxygen atoms in total. The SMILES string of the molecule is CCC(Cc1cn(CC)nn1)c1cc(C)cc(C)c1OC. The summed E-state index contributed by atoms with van der Waals surface area (Å²) in [5.74, 6) is 1.41. The van der Waals surface area contributed by atoms with Gasteiger partial charge in [-0.3, -0.25) is 4.68 Å². The lowest BCUT2D eigenvalue weighted by Gasteiger charge is -2.20. The Kier molecular flexibility index (Phi) is 4.99. The number of rotatable bonds is 6. The summed E-state index contributed by atoms with van der Waals surface area (Å²) in [6, 6.07) is 4.41. The van der Waals surface area contributed by atoms with Crippen LogP contribution in [0.4, 0.5) is 0 Å². The Morgan fingerprint density at radius 1 is 1.24 bits per heavy atom. The van der Waals surface area contributed by atoms with Crippen LogP contribution in [0.25, 0.3) is 0 Å². The molecule has 0 spiro atoms. The van der Waals surface area contributed by atoms with E-state index in [2.05, 4.69) is 50.1 Å². The lowest BCUT2D eigenvalue weighted by atomic mass is 9.89. The fraction of sp³-hybridized carbons (Fsp3) is 0.529. The molecule has 2 aromatic rings. The molecule has 21 heavy (non-hydrogen) atoms. The number of aryl methyl sites for hydroxylation is 3. The van der Waals surface area contributed by atoms with Crippen LogP contribution >= 0.6 is 0 Å². The first kappa shape index (κ1) is 15.5. The minimum absolute atomic E-state index is 0.403. The maximum Gasteiger partial charge on any atom is 0.125 e. The molecule has 114 valence electrons. The molecule has 0 saturated heterocycles. The van der Waals surface area contributed by atoms with Gasteiger partial charge in [0.15, 0.2) is 0 Å². The Morgan fingerprint density at radius 3 is 2.57 bits per heavy atom. The molecule has 0 fully saturated rings.